The second-order valence-electron chi connectivity index (χ2n) is 3.01. The van der Waals surface area contributed by atoms with Crippen molar-refractivity contribution >= 4 is 10.8 Å². The molecule has 0 aliphatic heterocycles. The summed E-state index contributed by atoms with van der Waals surface area (Å²) in [5.74, 6) is 0.118. The molecule has 0 saturated carbocycles. The van der Waals surface area contributed by atoms with Crippen LogP contribution in [0.3, 0.4) is 0 Å². The monoisotopic (exact) mass is 216 g/mol. The number of rotatable bonds is 4. The molecule has 0 fully saturated rings. The lowest BCUT2D eigenvalue weighted by atomic mass is 10.4. The lowest BCUT2D eigenvalue weighted by Gasteiger charge is -2.08. The summed E-state index contributed by atoms with van der Waals surface area (Å²) in [5, 5.41) is 0. The van der Waals surface area contributed by atoms with Gasteiger partial charge in [-0.15, -0.1) is 0 Å². The highest BCUT2D eigenvalue weighted by molar-refractivity contribution is 7.85. The Hall–Kier alpha value is -0.740. The van der Waals surface area contributed by atoms with Crippen LogP contribution in [0.4, 0.5) is 4.39 Å². The molecule has 0 aliphatic rings. The quantitative estimate of drug-likeness (QED) is 0.769. The Morgan fingerprint density at radius 1 is 1.43 bits per heavy atom. The molecular formula is C10H13FO2S. The van der Waals surface area contributed by atoms with E-state index in [-0.39, 0.29) is 11.9 Å². The van der Waals surface area contributed by atoms with Crippen LogP contribution in [0.25, 0.3) is 0 Å². The van der Waals surface area contributed by atoms with Gasteiger partial charge in [0.05, 0.1) is 22.7 Å². The zero-order valence-corrected chi connectivity index (χ0v) is 9.01. The number of methoxy groups -OCH3 is 1. The van der Waals surface area contributed by atoms with E-state index in [2.05, 4.69) is 0 Å². The van der Waals surface area contributed by atoms with Crippen LogP contribution in [0, 0.1) is 5.82 Å². The van der Waals surface area contributed by atoms with Crippen LogP contribution in [0.5, 0.6) is 0 Å². The standard InChI is InChI=1S/C10H13FO2S/c1-8(13-2)7-14(12)10-5-3-9(11)4-6-10/h3-6,8H,7H2,1-2H3. The lowest BCUT2D eigenvalue weighted by Crippen LogP contribution is -2.15. The minimum Gasteiger partial charge on any atom is -0.381 e. The van der Waals surface area contributed by atoms with E-state index in [1.165, 1.54) is 24.3 Å². The normalized spacial score (nSPS) is 15.1. The molecule has 0 heterocycles. The number of halogens is 1. The highest BCUT2D eigenvalue weighted by Crippen LogP contribution is 2.09. The average Bonchev–Trinajstić information content (AvgIpc) is 2.18. The second-order valence-corrected chi connectivity index (χ2v) is 4.51. The molecule has 0 amide bonds. The SMILES string of the molecule is COC(C)CS(=O)c1ccc(F)cc1. The third-order valence-corrected chi connectivity index (χ3v) is 3.44. The van der Waals surface area contributed by atoms with Gasteiger partial charge in [-0.3, -0.25) is 4.21 Å². The average molecular weight is 216 g/mol. The number of ether oxygens (including phenoxy) is 1. The molecule has 0 saturated heterocycles. The van der Waals surface area contributed by atoms with Crippen LogP contribution < -0.4 is 0 Å². The summed E-state index contributed by atoms with van der Waals surface area (Å²) in [7, 11) is 0.463. The van der Waals surface area contributed by atoms with Crippen molar-refractivity contribution in [3.63, 3.8) is 0 Å². The van der Waals surface area contributed by atoms with Gasteiger partial charge in [0.15, 0.2) is 0 Å². The van der Waals surface area contributed by atoms with Crippen molar-refractivity contribution in [3.05, 3.63) is 30.1 Å². The topological polar surface area (TPSA) is 26.3 Å². The summed E-state index contributed by atoms with van der Waals surface area (Å²) in [4.78, 5) is 0.635. The van der Waals surface area contributed by atoms with Crippen LogP contribution in [0.2, 0.25) is 0 Å². The van der Waals surface area contributed by atoms with Crippen molar-refractivity contribution < 1.29 is 13.3 Å². The van der Waals surface area contributed by atoms with Crippen molar-refractivity contribution in [2.45, 2.75) is 17.9 Å². The molecule has 78 valence electrons. The minimum atomic E-state index is -1.11. The van der Waals surface area contributed by atoms with Crippen LogP contribution >= 0.6 is 0 Å². The molecule has 0 spiro atoms. The highest BCUT2D eigenvalue weighted by Gasteiger charge is 2.08. The third-order valence-electron chi connectivity index (χ3n) is 1.86. The smallest absolute Gasteiger partial charge is 0.123 e. The summed E-state index contributed by atoms with van der Waals surface area (Å²) in [6.07, 6.45) is -0.0547. The Labute approximate surface area is 85.5 Å². The van der Waals surface area contributed by atoms with E-state index in [1.54, 1.807) is 7.11 Å². The van der Waals surface area contributed by atoms with Crippen molar-refractivity contribution in [2.75, 3.05) is 12.9 Å². The van der Waals surface area contributed by atoms with Gasteiger partial charge in [0, 0.05) is 12.0 Å². The number of benzene rings is 1. The van der Waals surface area contributed by atoms with Gasteiger partial charge < -0.3 is 4.74 Å². The molecular weight excluding hydrogens is 203 g/mol. The molecule has 0 bridgehead atoms. The maximum absolute atomic E-state index is 12.6. The highest BCUT2D eigenvalue weighted by atomic mass is 32.2. The summed E-state index contributed by atoms with van der Waals surface area (Å²) in [5.41, 5.74) is 0. The molecule has 0 radical (unpaired) electrons. The van der Waals surface area contributed by atoms with E-state index in [0.29, 0.717) is 10.6 Å². The predicted molar refractivity (Wildman–Crippen MR) is 54.1 cm³/mol. The van der Waals surface area contributed by atoms with E-state index < -0.39 is 10.8 Å². The van der Waals surface area contributed by atoms with E-state index in [1.807, 2.05) is 6.92 Å². The molecule has 4 heteroatoms. The number of hydrogen-bond acceptors (Lipinski definition) is 2. The third kappa shape index (κ3) is 3.20. The first-order chi connectivity index (χ1) is 6.63. The Bertz CT molecular complexity index is 310. The van der Waals surface area contributed by atoms with Crippen molar-refractivity contribution in [1.29, 1.82) is 0 Å². The predicted octanol–water partition coefficient (Wildman–Crippen LogP) is 1.97. The fourth-order valence-electron chi connectivity index (χ4n) is 0.964. The summed E-state index contributed by atoms with van der Waals surface area (Å²) in [6.45, 7) is 1.85. The van der Waals surface area contributed by atoms with Crippen LogP contribution in [-0.4, -0.2) is 23.2 Å². The second kappa shape index (κ2) is 5.22. The van der Waals surface area contributed by atoms with Gasteiger partial charge in [-0.1, -0.05) is 0 Å². The van der Waals surface area contributed by atoms with Crippen LogP contribution in [-0.2, 0) is 15.5 Å². The largest absolute Gasteiger partial charge is 0.381 e. The molecule has 0 N–H and O–H groups in total. The first-order valence-corrected chi connectivity index (χ1v) is 5.62. The van der Waals surface area contributed by atoms with Crippen LogP contribution in [0.15, 0.2) is 29.2 Å². The van der Waals surface area contributed by atoms with Crippen LogP contribution in [0.1, 0.15) is 6.92 Å². The molecule has 2 atom stereocenters. The Kier molecular flexibility index (Phi) is 4.22. The molecule has 2 nitrogen and oxygen atoms in total. The molecule has 14 heavy (non-hydrogen) atoms. The minimum absolute atomic E-state index is 0.0547. The molecule has 1 aromatic carbocycles. The van der Waals surface area contributed by atoms with Crippen molar-refractivity contribution in [1.82, 2.24) is 0 Å². The first kappa shape index (κ1) is 11.3. The lowest BCUT2D eigenvalue weighted by molar-refractivity contribution is 0.137. The van der Waals surface area contributed by atoms with E-state index in [9.17, 15) is 8.60 Å². The zero-order valence-electron chi connectivity index (χ0n) is 8.20. The van der Waals surface area contributed by atoms with E-state index >= 15 is 0 Å². The fourth-order valence-corrected chi connectivity index (χ4v) is 2.16. The van der Waals surface area contributed by atoms with Gasteiger partial charge >= 0.3 is 0 Å². The molecule has 0 aliphatic carbocycles. The zero-order chi connectivity index (χ0) is 10.6. The van der Waals surface area contributed by atoms with E-state index in [0.717, 1.165) is 0 Å². The first-order valence-electron chi connectivity index (χ1n) is 4.30. The van der Waals surface area contributed by atoms with Gasteiger partial charge in [0.2, 0.25) is 0 Å². The maximum atomic E-state index is 12.6. The molecule has 2 unspecified atom stereocenters. The van der Waals surface area contributed by atoms with Gasteiger partial charge in [0.1, 0.15) is 5.82 Å². The molecule has 1 rings (SSSR count). The number of hydrogen-bond donors (Lipinski definition) is 0. The maximum Gasteiger partial charge on any atom is 0.123 e. The van der Waals surface area contributed by atoms with Gasteiger partial charge in [-0.2, -0.15) is 0 Å². The van der Waals surface area contributed by atoms with Crippen molar-refractivity contribution in [2.24, 2.45) is 0 Å². The van der Waals surface area contributed by atoms with Crippen molar-refractivity contribution in [3.8, 4) is 0 Å². The van der Waals surface area contributed by atoms with Gasteiger partial charge in [-0.25, -0.2) is 4.39 Å². The molecule has 0 aromatic heterocycles. The summed E-state index contributed by atoms with van der Waals surface area (Å²) >= 11 is 0. The molecule has 1 aromatic rings. The Balaban J connectivity index is 2.65. The Morgan fingerprint density at radius 3 is 2.50 bits per heavy atom. The van der Waals surface area contributed by atoms with Gasteiger partial charge in [-0.05, 0) is 31.2 Å². The summed E-state index contributed by atoms with van der Waals surface area (Å²) < 4.78 is 29.2. The van der Waals surface area contributed by atoms with Gasteiger partial charge in [0.25, 0.3) is 0 Å². The fraction of sp³-hybridized carbons (Fsp3) is 0.400. The summed E-state index contributed by atoms with van der Waals surface area (Å²) in [6, 6.07) is 5.69. The Morgan fingerprint density at radius 2 is 2.00 bits per heavy atom. The van der Waals surface area contributed by atoms with E-state index in [4.69, 9.17) is 4.74 Å².